The molecule has 0 unspecified atom stereocenters. The first-order valence-electron chi connectivity index (χ1n) is 5.48. The molecule has 0 saturated heterocycles. The molecular weight excluding hydrogens is 236 g/mol. The average molecular weight is 250 g/mol. The molecule has 0 saturated carbocycles. The second kappa shape index (κ2) is 4.40. The van der Waals surface area contributed by atoms with Crippen LogP contribution in [0.1, 0.15) is 16.8 Å². The summed E-state index contributed by atoms with van der Waals surface area (Å²) in [5, 5.41) is 30.3. The van der Waals surface area contributed by atoms with E-state index in [1.807, 2.05) is 0 Å². The number of aliphatic hydroxyl groups excluding tert-OH is 2. The lowest BCUT2D eigenvalue weighted by Gasteiger charge is -2.01. The molecule has 0 fully saturated rings. The third-order valence-corrected chi connectivity index (χ3v) is 3.26. The van der Waals surface area contributed by atoms with Crippen molar-refractivity contribution in [3.63, 3.8) is 0 Å². The van der Waals surface area contributed by atoms with Gasteiger partial charge in [-0.25, -0.2) is 0 Å². The van der Waals surface area contributed by atoms with E-state index in [2.05, 4.69) is 0 Å². The van der Waals surface area contributed by atoms with Crippen LogP contribution >= 0.6 is 0 Å². The number of rotatable bonds is 3. The van der Waals surface area contributed by atoms with Gasteiger partial charge >= 0.3 is 0 Å². The first-order chi connectivity index (χ1) is 8.52. The third-order valence-electron chi connectivity index (χ3n) is 3.26. The van der Waals surface area contributed by atoms with Gasteiger partial charge in [-0.15, -0.1) is 0 Å². The average Bonchev–Trinajstić information content (AvgIpc) is 2.60. The number of fused-ring (bicyclic) bond motifs is 1. The molecular formula is C12H14N2O4. The van der Waals surface area contributed by atoms with Gasteiger partial charge in [-0.05, 0) is 13.0 Å². The van der Waals surface area contributed by atoms with E-state index in [9.17, 15) is 20.3 Å². The fraction of sp³-hybridized carbons (Fsp3) is 0.333. The van der Waals surface area contributed by atoms with Crippen molar-refractivity contribution in [1.82, 2.24) is 4.57 Å². The Balaban J connectivity index is 3.00. The van der Waals surface area contributed by atoms with Crippen molar-refractivity contribution >= 4 is 16.6 Å². The molecule has 0 aliphatic heterocycles. The molecule has 1 aromatic heterocycles. The Morgan fingerprint density at radius 1 is 1.33 bits per heavy atom. The van der Waals surface area contributed by atoms with Gasteiger partial charge in [-0.1, -0.05) is 6.07 Å². The number of aromatic nitrogens is 1. The Morgan fingerprint density at radius 2 is 2.00 bits per heavy atom. The summed E-state index contributed by atoms with van der Waals surface area (Å²) in [4.78, 5) is 10.7. The zero-order valence-electron chi connectivity index (χ0n) is 10.2. The van der Waals surface area contributed by atoms with E-state index >= 15 is 0 Å². The zero-order chi connectivity index (χ0) is 13.4. The zero-order valence-corrected chi connectivity index (χ0v) is 10.2. The topological polar surface area (TPSA) is 88.5 Å². The summed E-state index contributed by atoms with van der Waals surface area (Å²) in [6.45, 7) is 1.05. The van der Waals surface area contributed by atoms with Gasteiger partial charge < -0.3 is 14.8 Å². The predicted molar refractivity (Wildman–Crippen MR) is 66.2 cm³/mol. The molecule has 1 aromatic carbocycles. The number of nitrogens with zero attached hydrogens (tertiary/aromatic N) is 2. The maximum Gasteiger partial charge on any atom is 0.281 e. The van der Waals surface area contributed by atoms with Gasteiger partial charge in [0.25, 0.3) is 5.69 Å². The molecule has 6 heteroatoms. The van der Waals surface area contributed by atoms with Gasteiger partial charge in [0.1, 0.15) is 0 Å². The van der Waals surface area contributed by atoms with Crippen LogP contribution in [-0.4, -0.2) is 19.7 Å². The second-order valence-corrected chi connectivity index (χ2v) is 4.18. The number of benzene rings is 1. The van der Waals surface area contributed by atoms with Crippen molar-refractivity contribution in [1.29, 1.82) is 0 Å². The summed E-state index contributed by atoms with van der Waals surface area (Å²) < 4.78 is 1.67. The fourth-order valence-electron chi connectivity index (χ4n) is 2.36. The van der Waals surface area contributed by atoms with E-state index in [0.29, 0.717) is 27.7 Å². The lowest BCUT2D eigenvalue weighted by Crippen LogP contribution is -1.98. The summed E-state index contributed by atoms with van der Waals surface area (Å²) in [6.07, 6.45) is 0. The molecule has 2 N–H and O–H groups in total. The van der Waals surface area contributed by atoms with Crippen molar-refractivity contribution in [2.24, 2.45) is 7.05 Å². The molecule has 0 spiro atoms. The van der Waals surface area contributed by atoms with Crippen molar-refractivity contribution < 1.29 is 15.1 Å². The van der Waals surface area contributed by atoms with Gasteiger partial charge in [0.05, 0.1) is 29.0 Å². The first kappa shape index (κ1) is 12.5. The number of nitro groups is 1. The number of hydrogen-bond acceptors (Lipinski definition) is 4. The molecule has 96 valence electrons. The largest absolute Gasteiger partial charge is 0.392 e. The highest BCUT2D eigenvalue weighted by atomic mass is 16.6. The molecule has 1 heterocycles. The van der Waals surface area contributed by atoms with E-state index in [4.69, 9.17) is 0 Å². The Hall–Kier alpha value is -1.92. The molecule has 0 radical (unpaired) electrons. The van der Waals surface area contributed by atoms with Crippen LogP contribution in [0.2, 0.25) is 0 Å². The minimum Gasteiger partial charge on any atom is -0.392 e. The quantitative estimate of drug-likeness (QED) is 0.636. The maximum atomic E-state index is 11.2. The summed E-state index contributed by atoms with van der Waals surface area (Å²) in [7, 11) is 1.71. The van der Waals surface area contributed by atoms with E-state index in [-0.39, 0.29) is 18.9 Å². The predicted octanol–water partition coefficient (Wildman–Crippen LogP) is 1.38. The van der Waals surface area contributed by atoms with E-state index in [1.54, 1.807) is 30.7 Å². The van der Waals surface area contributed by atoms with Crippen molar-refractivity contribution in [2.75, 3.05) is 0 Å². The molecule has 6 nitrogen and oxygen atoms in total. The molecule has 18 heavy (non-hydrogen) atoms. The highest BCUT2D eigenvalue weighted by molar-refractivity contribution is 5.94. The number of nitro benzene ring substituents is 1. The SMILES string of the molecule is Cc1ccc2c(c(CO)c(CO)n2C)c1[N+](=O)[O-]. The third kappa shape index (κ3) is 1.58. The Morgan fingerprint density at radius 3 is 2.50 bits per heavy atom. The summed E-state index contributed by atoms with van der Waals surface area (Å²) >= 11 is 0. The summed E-state index contributed by atoms with van der Waals surface area (Å²) in [6, 6.07) is 3.43. The van der Waals surface area contributed by atoms with Crippen LogP contribution in [0, 0.1) is 17.0 Å². The molecule has 2 aromatic rings. The molecule has 0 atom stereocenters. The standard InChI is InChI=1S/C12H14N2O4/c1-7-3-4-9-11(12(7)14(17)18)8(5-15)10(6-16)13(9)2/h3-4,15-16H,5-6H2,1-2H3. The lowest BCUT2D eigenvalue weighted by atomic mass is 10.1. The Bertz CT molecular complexity index is 631. The number of aliphatic hydroxyl groups is 2. The van der Waals surface area contributed by atoms with Crippen LogP contribution in [0.25, 0.3) is 10.9 Å². The normalized spacial score (nSPS) is 11.1. The first-order valence-corrected chi connectivity index (χ1v) is 5.48. The number of hydrogen-bond donors (Lipinski definition) is 2. The van der Waals surface area contributed by atoms with E-state index < -0.39 is 4.92 Å². The van der Waals surface area contributed by atoms with Crippen LogP contribution in [0.4, 0.5) is 5.69 Å². The Kier molecular flexibility index (Phi) is 3.06. The molecule has 0 bridgehead atoms. The molecule has 0 amide bonds. The van der Waals surface area contributed by atoms with Crippen LogP contribution < -0.4 is 0 Å². The minimum absolute atomic E-state index is 0.00755. The van der Waals surface area contributed by atoms with E-state index in [0.717, 1.165) is 0 Å². The highest BCUT2D eigenvalue weighted by Crippen LogP contribution is 2.35. The smallest absolute Gasteiger partial charge is 0.281 e. The van der Waals surface area contributed by atoms with Crippen LogP contribution in [0.5, 0.6) is 0 Å². The van der Waals surface area contributed by atoms with Crippen LogP contribution in [-0.2, 0) is 20.3 Å². The van der Waals surface area contributed by atoms with Gasteiger partial charge in [0, 0.05) is 23.9 Å². The van der Waals surface area contributed by atoms with Crippen molar-refractivity contribution in [3.8, 4) is 0 Å². The van der Waals surface area contributed by atoms with Gasteiger partial charge in [0.15, 0.2) is 0 Å². The van der Waals surface area contributed by atoms with E-state index in [1.165, 1.54) is 0 Å². The highest BCUT2D eigenvalue weighted by Gasteiger charge is 2.24. The Labute approximate surface area is 103 Å². The fourth-order valence-corrected chi connectivity index (χ4v) is 2.36. The monoisotopic (exact) mass is 250 g/mol. The number of aryl methyl sites for hydroxylation is 2. The summed E-state index contributed by atoms with van der Waals surface area (Å²) in [5.74, 6) is 0. The molecule has 0 aliphatic rings. The van der Waals surface area contributed by atoms with Crippen LogP contribution in [0.15, 0.2) is 12.1 Å². The minimum atomic E-state index is -0.446. The van der Waals surface area contributed by atoms with Gasteiger partial charge in [-0.2, -0.15) is 0 Å². The van der Waals surface area contributed by atoms with Gasteiger partial charge in [-0.3, -0.25) is 10.1 Å². The van der Waals surface area contributed by atoms with Crippen LogP contribution in [0.3, 0.4) is 0 Å². The van der Waals surface area contributed by atoms with Crippen molar-refractivity contribution in [2.45, 2.75) is 20.1 Å². The molecule has 0 aliphatic carbocycles. The molecule has 2 rings (SSSR count). The summed E-state index contributed by atoms with van der Waals surface area (Å²) in [5.41, 5.74) is 2.09. The maximum absolute atomic E-state index is 11.2. The lowest BCUT2D eigenvalue weighted by molar-refractivity contribution is -0.383. The van der Waals surface area contributed by atoms with Gasteiger partial charge in [0.2, 0.25) is 0 Å². The second-order valence-electron chi connectivity index (χ2n) is 4.18. The van der Waals surface area contributed by atoms with Crippen molar-refractivity contribution in [3.05, 3.63) is 39.1 Å².